The van der Waals surface area contributed by atoms with Crippen LogP contribution >= 0.6 is 0 Å². The maximum atomic E-state index is 4.78. The molecule has 0 N–H and O–H groups in total. The molecule has 0 aliphatic carbocycles. The van der Waals surface area contributed by atoms with E-state index < -0.39 is 0 Å². The summed E-state index contributed by atoms with van der Waals surface area (Å²) in [5, 5.41) is 5.10. The fourth-order valence-electron chi connectivity index (χ4n) is 5.48. The van der Waals surface area contributed by atoms with E-state index in [2.05, 4.69) is 82.3 Å². The first-order chi connectivity index (χ1) is 15.7. The highest BCUT2D eigenvalue weighted by Gasteiger charge is 2.29. The third-order valence-corrected chi connectivity index (χ3v) is 6.64. The molecule has 0 fully saturated rings. The maximum Gasteiger partial charge on any atom is 0.238 e. The predicted molar refractivity (Wildman–Crippen MR) is 133 cm³/mol. The third-order valence-electron chi connectivity index (χ3n) is 6.64. The van der Waals surface area contributed by atoms with Crippen LogP contribution in [-0.2, 0) is 0 Å². The second kappa shape index (κ2) is 6.27. The Hall–Kier alpha value is -3.99. The molecule has 0 saturated carbocycles. The van der Waals surface area contributed by atoms with Crippen LogP contribution < -0.4 is 10.9 Å². The minimum Gasteiger partial charge on any atom is -0.277 e. The van der Waals surface area contributed by atoms with E-state index in [1.54, 1.807) is 0 Å². The van der Waals surface area contributed by atoms with Gasteiger partial charge in [0.25, 0.3) is 0 Å². The van der Waals surface area contributed by atoms with E-state index in [4.69, 9.17) is 9.97 Å². The first-order valence-corrected chi connectivity index (χ1v) is 11.0. The summed E-state index contributed by atoms with van der Waals surface area (Å²) in [6.45, 7) is 3.86. The van der Waals surface area contributed by atoms with E-state index in [-0.39, 0.29) is 0 Å². The molecule has 0 bridgehead atoms. The summed E-state index contributed by atoms with van der Waals surface area (Å²) in [7, 11) is 0.943. The molecule has 1 aliphatic rings. The lowest BCUT2D eigenvalue weighted by Gasteiger charge is -2.14. The summed E-state index contributed by atoms with van der Waals surface area (Å²) in [6, 6.07) is 26.2. The number of rotatable bonds is 1. The number of fused-ring (bicyclic) bond motifs is 10. The van der Waals surface area contributed by atoms with Gasteiger partial charge in [0.2, 0.25) is 5.95 Å². The molecule has 0 spiro atoms. The normalized spacial score (nSPS) is 12.3. The van der Waals surface area contributed by atoms with Crippen molar-refractivity contribution in [3.05, 3.63) is 84.4 Å². The first kappa shape index (κ1) is 17.7. The Balaban J connectivity index is 1.80. The van der Waals surface area contributed by atoms with Crippen LogP contribution in [-0.4, -0.2) is 26.8 Å². The van der Waals surface area contributed by atoms with Crippen molar-refractivity contribution in [2.45, 2.75) is 13.8 Å². The molecule has 0 amide bonds. The molecular weight excluding hydrogens is 391 g/mol. The van der Waals surface area contributed by atoms with E-state index >= 15 is 0 Å². The molecule has 150 valence electrons. The summed E-state index contributed by atoms with van der Waals surface area (Å²) in [6.07, 6.45) is 0. The number of aromatic nitrogens is 4. The van der Waals surface area contributed by atoms with Gasteiger partial charge >= 0.3 is 0 Å². The Kier molecular flexibility index (Phi) is 3.46. The summed E-state index contributed by atoms with van der Waals surface area (Å²) < 4.78 is 2.25. The summed E-state index contributed by atoms with van der Waals surface area (Å²) >= 11 is 0. The van der Waals surface area contributed by atoms with E-state index in [1.807, 2.05) is 13.8 Å². The smallest absolute Gasteiger partial charge is 0.238 e. The molecule has 1 aliphatic heterocycles. The van der Waals surface area contributed by atoms with Crippen LogP contribution in [0.3, 0.4) is 0 Å². The van der Waals surface area contributed by atoms with Gasteiger partial charge in [-0.2, -0.15) is 9.97 Å². The van der Waals surface area contributed by atoms with Gasteiger partial charge in [-0.25, -0.2) is 4.98 Å². The monoisotopic (exact) mass is 410 g/mol. The molecule has 32 heavy (non-hydrogen) atoms. The van der Waals surface area contributed by atoms with Crippen LogP contribution in [0.1, 0.15) is 11.6 Å². The lowest BCUT2D eigenvalue weighted by Crippen LogP contribution is -2.21. The Morgan fingerprint density at radius 2 is 1.34 bits per heavy atom. The van der Waals surface area contributed by atoms with Crippen molar-refractivity contribution in [3.8, 4) is 17.1 Å². The Morgan fingerprint density at radius 1 is 0.688 bits per heavy atom. The van der Waals surface area contributed by atoms with Crippen molar-refractivity contribution in [1.82, 2.24) is 19.5 Å². The van der Waals surface area contributed by atoms with Crippen LogP contribution in [0, 0.1) is 13.8 Å². The lowest BCUT2D eigenvalue weighted by atomic mass is 9.66. The molecule has 0 radical (unpaired) electrons. The highest BCUT2D eigenvalue weighted by Crippen LogP contribution is 2.41. The molecule has 0 unspecified atom stereocenters. The van der Waals surface area contributed by atoms with Crippen molar-refractivity contribution in [3.63, 3.8) is 0 Å². The average molecular weight is 410 g/mol. The number of aryl methyl sites for hydroxylation is 2. The number of hydrogen-bond acceptors (Lipinski definition) is 3. The Bertz CT molecular complexity index is 1710. The van der Waals surface area contributed by atoms with Crippen LogP contribution in [0.5, 0.6) is 0 Å². The summed E-state index contributed by atoms with van der Waals surface area (Å²) in [5.74, 6) is 2.15. The summed E-state index contributed by atoms with van der Waals surface area (Å²) in [5.41, 5.74) is 7.69. The van der Waals surface area contributed by atoms with Gasteiger partial charge in [-0.15, -0.1) is 0 Å². The minimum atomic E-state index is 0.683. The van der Waals surface area contributed by atoms with E-state index in [9.17, 15) is 0 Å². The largest absolute Gasteiger partial charge is 0.277 e. The standard InChI is InChI=1S/C27H19BN4/c1-15-29-16(2)31-27(30-15)32-22-14-8-6-12-20(22)23-17-9-3-4-10-18(17)25-24(26(23)32)19-11-5-7-13-21(19)28-25/h3-14,28H,1-2H3. The van der Waals surface area contributed by atoms with E-state index in [0.717, 1.165) is 24.4 Å². The second-order valence-electron chi connectivity index (χ2n) is 8.54. The molecule has 4 aromatic carbocycles. The highest BCUT2D eigenvalue weighted by atomic mass is 15.2. The molecule has 4 nitrogen and oxygen atoms in total. The number of nitrogens with zero attached hydrogens (tertiary/aromatic N) is 4. The molecule has 5 heteroatoms. The average Bonchev–Trinajstić information content (AvgIpc) is 3.35. The van der Waals surface area contributed by atoms with Crippen molar-refractivity contribution < 1.29 is 0 Å². The van der Waals surface area contributed by atoms with Crippen molar-refractivity contribution in [1.29, 1.82) is 0 Å². The topological polar surface area (TPSA) is 43.6 Å². The van der Waals surface area contributed by atoms with Gasteiger partial charge in [-0.05, 0) is 36.2 Å². The Labute approximate surface area is 185 Å². The molecule has 0 atom stereocenters. The van der Waals surface area contributed by atoms with Crippen LogP contribution in [0.2, 0.25) is 0 Å². The Morgan fingerprint density at radius 3 is 2.16 bits per heavy atom. The van der Waals surface area contributed by atoms with Crippen LogP contribution in [0.25, 0.3) is 49.7 Å². The fraction of sp³-hybridized carbons (Fsp3) is 0.0741. The molecular formula is C27H19BN4. The zero-order valence-electron chi connectivity index (χ0n) is 17.9. The van der Waals surface area contributed by atoms with Gasteiger partial charge in [0.15, 0.2) is 7.28 Å². The molecule has 2 aromatic heterocycles. The van der Waals surface area contributed by atoms with Gasteiger partial charge in [0.1, 0.15) is 11.6 Å². The number of hydrogen-bond donors (Lipinski definition) is 0. The zero-order chi connectivity index (χ0) is 21.4. The van der Waals surface area contributed by atoms with Crippen LogP contribution in [0.4, 0.5) is 0 Å². The molecule has 7 rings (SSSR count). The SMILES string of the molecule is Cc1nc(C)nc(-n2c3ccccc3c3c4ccccc4c4c(c32)-c2ccccc2B4)n1. The van der Waals surface area contributed by atoms with Crippen molar-refractivity contribution in [2.75, 3.05) is 0 Å². The van der Waals surface area contributed by atoms with Gasteiger partial charge in [0, 0.05) is 16.3 Å². The number of para-hydroxylation sites is 1. The van der Waals surface area contributed by atoms with E-state index in [0.29, 0.717) is 5.95 Å². The first-order valence-electron chi connectivity index (χ1n) is 11.0. The molecule has 0 saturated heterocycles. The fourth-order valence-corrected chi connectivity index (χ4v) is 5.48. The van der Waals surface area contributed by atoms with Crippen LogP contribution in [0.15, 0.2) is 72.8 Å². The van der Waals surface area contributed by atoms with Gasteiger partial charge in [0.05, 0.1) is 11.0 Å². The van der Waals surface area contributed by atoms with Gasteiger partial charge in [-0.3, -0.25) is 4.57 Å². The van der Waals surface area contributed by atoms with E-state index in [1.165, 1.54) is 49.1 Å². The maximum absolute atomic E-state index is 4.78. The number of benzene rings is 4. The lowest BCUT2D eigenvalue weighted by molar-refractivity contribution is 0.864. The third kappa shape index (κ3) is 2.25. The second-order valence-corrected chi connectivity index (χ2v) is 8.54. The quantitative estimate of drug-likeness (QED) is 0.383. The summed E-state index contributed by atoms with van der Waals surface area (Å²) in [4.78, 5) is 14.0. The van der Waals surface area contributed by atoms with Crippen molar-refractivity contribution in [2.24, 2.45) is 0 Å². The zero-order valence-corrected chi connectivity index (χ0v) is 17.9. The van der Waals surface area contributed by atoms with Gasteiger partial charge in [-0.1, -0.05) is 77.7 Å². The predicted octanol–water partition coefficient (Wildman–Crippen LogP) is 4.11. The molecule has 3 heterocycles. The van der Waals surface area contributed by atoms with Crippen molar-refractivity contribution >= 4 is 50.8 Å². The molecule has 6 aromatic rings. The van der Waals surface area contributed by atoms with Gasteiger partial charge < -0.3 is 0 Å². The minimum absolute atomic E-state index is 0.683. The highest BCUT2D eigenvalue weighted by molar-refractivity contribution is 6.77.